The van der Waals surface area contributed by atoms with Gasteiger partial charge in [-0.15, -0.1) is 0 Å². The number of benzene rings is 1. The van der Waals surface area contributed by atoms with E-state index in [4.69, 9.17) is 9.57 Å². The lowest BCUT2D eigenvalue weighted by Crippen LogP contribution is -2.43. The number of hydrogen-bond acceptors (Lipinski definition) is 4. The number of fused-ring (bicyclic) bond motifs is 2. The third-order valence-electron chi connectivity index (χ3n) is 3.87. The maximum Gasteiger partial charge on any atom is 0.252 e. The van der Waals surface area contributed by atoms with Gasteiger partial charge in [-0.25, -0.2) is 0 Å². The number of ether oxygens (including phenoxy) is 1. The van der Waals surface area contributed by atoms with Crippen LogP contribution < -0.4 is 9.80 Å². The Kier molecular flexibility index (Phi) is 3.14. The highest BCUT2D eigenvalue weighted by atomic mass is 16.7. The molecule has 1 aromatic carbocycles. The molecule has 0 saturated heterocycles. The number of nitrogens with zero attached hydrogens (tertiary/aromatic N) is 1. The van der Waals surface area contributed by atoms with E-state index in [2.05, 4.69) is 0 Å². The van der Waals surface area contributed by atoms with E-state index >= 15 is 0 Å². The fourth-order valence-electron chi connectivity index (χ4n) is 2.81. The van der Waals surface area contributed by atoms with Gasteiger partial charge in [0.05, 0.1) is 19.9 Å². The van der Waals surface area contributed by atoms with Crippen molar-refractivity contribution in [3.8, 4) is 5.75 Å². The SMILES string of the molecule is COc1ccc2c(c1)C1(C=CC(=O)C=C1)CC(=O)N2OC. The monoisotopic (exact) mass is 285 g/mol. The van der Waals surface area contributed by atoms with Crippen LogP contribution in [0.4, 0.5) is 5.69 Å². The highest BCUT2D eigenvalue weighted by molar-refractivity contribution is 6.03. The molecule has 0 aromatic heterocycles. The van der Waals surface area contributed by atoms with E-state index in [1.54, 1.807) is 31.4 Å². The maximum atomic E-state index is 12.3. The summed E-state index contributed by atoms with van der Waals surface area (Å²) in [7, 11) is 3.05. The zero-order valence-electron chi connectivity index (χ0n) is 11.8. The van der Waals surface area contributed by atoms with Crippen LogP contribution in [0.25, 0.3) is 0 Å². The van der Waals surface area contributed by atoms with Crippen molar-refractivity contribution in [3.05, 3.63) is 48.1 Å². The molecule has 1 heterocycles. The van der Waals surface area contributed by atoms with Crippen LogP contribution in [-0.2, 0) is 19.8 Å². The second-order valence-corrected chi connectivity index (χ2v) is 5.04. The van der Waals surface area contributed by atoms with Gasteiger partial charge >= 0.3 is 0 Å². The lowest BCUT2D eigenvalue weighted by atomic mass is 9.72. The minimum absolute atomic E-state index is 0.0771. The van der Waals surface area contributed by atoms with Crippen molar-refractivity contribution in [3.63, 3.8) is 0 Å². The molecule has 3 rings (SSSR count). The van der Waals surface area contributed by atoms with Crippen LogP contribution in [0.3, 0.4) is 0 Å². The van der Waals surface area contributed by atoms with Crippen molar-refractivity contribution in [2.24, 2.45) is 0 Å². The molecule has 1 aliphatic heterocycles. The molecule has 2 aliphatic rings. The minimum atomic E-state index is -0.621. The Morgan fingerprint density at radius 2 is 1.86 bits per heavy atom. The zero-order chi connectivity index (χ0) is 15.0. The van der Waals surface area contributed by atoms with Crippen molar-refractivity contribution >= 4 is 17.4 Å². The summed E-state index contributed by atoms with van der Waals surface area (Å²) in [6.45, 7) is 0. The largest absolute Gasteiger partial charge is 0.497 e. The molecule has 0 saturated carbocycles. The quantitative estimate of drug-likeness (QED) is 0.833. The summed E-state index contributed by atoms with van der Waals surface area (Å²) >= 11 is 0. The molecule has 0 fully saturated rings. The normalized spacial score (nSPS) is 19.0. The van der Waals surface area contributed by atoms with Crippen molar-refractivity contribution in [2.75, 3.05) is 19.3 Å². The molecular weight excluding hydrogens is 270 g/mol. The summed E-state index contributed by atoms with van der Waals surface area (Å²) in [5, 5.41) is 1.28. The van der Waals surface area contributed by atoms with Gasteiger partial charge in [0.1, 0.15) is 5.75 Å². The molecule has 0 bridgehead atoms. The zero-order valence-corrected chi connectivity index (χ0v) is 11.8. The van der Waals surface area contributed by atoms with E-state index < -0.39 is 5.41 Å². The predicted octanol–water partition coefficient (Wildman–Crippen LogP) is 1.93. The van der Waals surface area contributed by atoms with Gasteiger partial charge < -0.3 is 4.74 Å². The van der Waals surface area contributed by atoms with Crippen molar-refractivity contribution in [2.45, 2.75) is 11.8 Å². The van der Waals surface area contributed by atoms with Gasteiger partial charge in [-0.2, -0.15) is 5.06 Å². The highest BCUT2D eigenvalue weighted by Crippen LogP contribution is 2.45. The van der Waals surface area contributed by atoms with Crippen molar-refractivity contribution in [1.82, 2.24) is 0 Å². The lowest BCUT2D eigenvalue weighted by molar-refractivity contribution is -0.126. The fourth-order valence-corrected chi connectivity index (χ4v) is 2.81. The third-order valence-corrected chi connectivity index (χ3v) is 3.87. The average molecular weight is 285 g/mol. The Bertz CT molecular complexity index is 659. The van der Waals surface area contributed by atoms with Gasteiger partial charge in [0, 0.05) is 11.8 Å². The number of carbonyl (C=O) groups is 2. The van der Waals surface area contributed by atoms with Crippen molar-refractivity contribution in [1.29, 1.82) is 0 Å². The molecule has 0 unspecified atom stereocenters. The summed E-state index contributed by atoms with van der Waals surface area (Å²) in [5.41, 5.74) is 0.922. The number of amides is 1. The first-order valence-electron chi connectivity index (χ1n) is 6.58. The minimum Gasteiger partial charge on any atom is -0.497 e. The van der Waals surface area contributed by atoms with Crippen LogP contribution in [-0.4, -0.2) is 25.9 Å². The second kappa shape index (κ2) is 4.86. The van der Waals surface area contributed by atoms with Crippen LogP contribution in [0.5, 0.6) is 5.75 Å². The Morgan fingerprint density at radius 1 is 1.14 bits per heavy atom. The molecule has 0 atom stereocenters. The number of hydroxylamine groups is 1. The molecule has 1 aromatic rings. The number of carbonyl (C=O) groups excluding carboxylic acids is 2. The molecule has 5 heteroatoms. The van der Waals surface area contributed by atoms with E-state index in [-0.39, 0.29) is 18.1 Å². The first-order valence-corrected chi connectivity index (χ1v) is 6.58. The first-order chi connectivity index (χ1) is 10.1. The summed E-state index contributed by atoms with van der Waals surface area (Å²) in [6.07, 6.45) is 6.76. The highest BCUT2D eigenvalue weighted by Gasteiger charge is 2.41. The topological polar surface area (TPSA) is 55.8 Å². The van der Waals surface area contributed by atoms with E-state index in [0.717, 1.165) is 5.56 Å². The molecule has 0 N–H and O–H groups in total. The van der Waals surface area contributed by atoms with Gasteiger partial charge in [0.15, 0.2) is 5.78 Å². The smallest absolute Gasteiger partial charge is 0.252 e. The number of anilines is 1. The Morgan fingerprint density at radius 3 is 2.48 bits per heavy atom. The fraction of sp³-hybridized carbons (Fsp3) is 0.250. The maximum absolute atomic E-state index is 12.3. The van der Waals surface area contributed by atoms with E-state index in [1.165, 1.54) is 24.3 Å². The van der Waals surface area contributed by atoms with E-state index in [9.17, 15) is 9.59 Å². The number of methoxy groups -OCH3 is 1. The molecule has 1 spiro atoms. The predicted molar refractivity (Wildman–Crippen MR) is 77.1 cm³/mol. The average Bonchev–Trinajstić information content (AvgIpc) is 2.50. The van der Waals surface area contributed by atoms with Gasteiger partial charge in [0.2, 0.25) is 0 Å². The van der Waals surface area contributed by atoms with Gasteiger partial charge in [-0.3, -0.25) is 14.4 Å². The molecule has 1 amide bonds. The third kappa shape index (κ3) is 2.06. The number of hydrogen-bond donors (Lipinski definition) is 0. The second-order valence-electron chi connectivity index (χ2n) is 5.04. The molecule has 5 nitrogen and oxygen atoms in total. The first kappa shape index (κ1) is 13.6. The number of ketones is 1. The summed E-state index contributed by atoms with van der Waals surface area (Å²) in [4.78, 5) is 28.9. The number of allylic oxidation sites excluding steroid dienone is 4. The summed E-state index contributed by atoms with van der Waals surface area (Å²) in [5.74, 6) is 0.461. The summed E-state index contributed by atoms with van der Waals surface area (Å²) in [6, 6.07) is 5.44. The Labute approximate surface area is 122 Å². The van der Waals surface area contributed by atoms with Crippen molar-refractivity contribution < 1.29 is 19.2 Å². The standard InChI is InChI=1S/C16H15NO4/c1-20-12-3-4-14-13(9-12)16(7-5-11(18)6-8-16)10-15(19)17(14)21-2/h3-9H,10H2,1-2H3. The van der Waals surface area contributed by atoms with Crippen LogP contribution in [0.2, 0.25) is 0 Å². The van der Waals surface area contributed by atoms with Crippen LogP contribution in [0.15, 0.2) is 42.5 Å². The van der Waals surface area contributed by atoms with Gasteiger partial charge in [-0.05, 0) is 35.9 Å². The number of rotatable bonds is 2. The molecular formula is C16H15NO4. The van der Waals surface area contributed by atoms with Gasteiger partial charge in [-0.1, -0.05) is 12.2 Å². The lowest BCUT2D eigenvalue weighted by Gasteiger charge is -2.39. The van der Waals surface area contributed by atoms with Gasteiger partial charge in [0.25, 0.3) is 5.91 Å². The van der Waals surface area contributed by atoms with Crippen LogP contribution >= 0.6 is 0 Å². The molecule has 21 heavy (non-hydrogen) atoms. The van der Waals surface area contributed by atoms with Crippen LogP contribution in [0, 0.1) is 0 Å². The Balaban J connectivity index is 2.21. The molecule has 108 valence electrons. The van der Waals surface area contributed by atoms with Crippen LogP contribution in [0.1, 0.15) is 12.0 Å². The molecule has 0 radical (unpaired) electrons. The molecule has 1 aliphatic carbocycles. The summed E-state index contributed by atoms with van der Waals surface area (Å²) < 4.78 is 5.27. The van der Waals surface area contributed by atoms with E-state index in [0.29, 0.717) is 11.4 Å². The Hall–Kier alpha value is -2.40. The van der Waals surface area contributed by atoms with E-state index in [1.807, 2.05) is 6.07 Å².